The normalized spacial score (nSPS) is 24.0. The summed E-state index contributed by atoms with van der Waals surface area (Å²) in [5, 5.41) is 3.53. The number of benzene rings is 1. The van der Waals surface area contributed by atoms with Crippen LogP contribution in [0.2, 0.25) is 0 Å². The Morgan fingerprint density at radius 2 is 1.85 bits per heavy atom. The van der Waals surface area contributed by atoms with Crippen LogP contribution in [0.1, 0.15) is 61.1 Å². The molecule has 0 radical (unpaired) electrons. The molecule has 1 aromatic rings. The Morgan fingerprint density at radius 3 is 2.55 bits per heavy atom. The van der Waals surface area contributed by atoms with E-state index >= 15 is 0 Å². The molecule has 1 aliphatic carbocycles. The zero-order chi connectivity index (χ0) is 13.9. The summed E-state index contributed by atoms with van der Waals surface area (Å²) in [6, 6.07) is 4.57. The van der Waals surface area contributed by atoms with E-state index in [1.54, 1.807) is 0 Å². The SMILES string of the molecule is Cc1ccc(C2CCCNC2)c(OC2CCCC2)c1C. The van der Waals surface area contributed by atoms with E-state index in [4.69, 9.17) is 4.74 Å². The van der Waals surface area contributed by atoms with Crippen LogP contribution in [-0.2, 0) is 0 Å². The molecule has 2 aliphatic rings. The number of aryl methyl sites for hydroxylation is 1. The highest BCUT2D eigenvalue weighted by molar-refractivity contribution is 5.47. The second-order valence-electron chi connectivity index (χ2n) is 6.49. The Morgan fingerprint density at radius 1 is 1.05 bits per heavy atom. The number of nitrogens with one attached hydrogen (secondary N) is 1. The average Bonchev–Trinajstić information content (AvgIpc) is 2.98. The van der Waals surface area contributed by atoms with Gasteiger partial charge in [-0.1, -0.05) is 12.1 Å². The van der Waals surface area contributed by atoms with Gasteiger partial charge in [0, 0.05) is 12.5 Å². The van der Waals surface area contributed by atoms with Crippen molar-refractivity contribution < 1.29 is 4.74 Å². The number of hydrogen-bond acceptors (Lipinski definition) is 2. The monoisotopic (exact) mass is 273 g/mol. The zero-order valence-electron chi connectivity index (χ0n) is 12.9. The third-order valence-electron chi connectivity index (χ3n) is 5.03. The Bertz CT molecular complexity index is 457. The second kappa shape index (κ2) is 6.17. The predicted molar refractivity (Wildman–Crippen MR) is 83.6 cm³/mol. The molecular weight excluding hydrogens is 246 g/mol. The van der Waals surface area contributed by atoms with Crippen molar-refractivity contribution in [1.82, 2.24) is 5.32 Å². The van der Waals surface area contributed by atoms with Gasteiger partial charge in [0.15, 0.2) is 0 Å². The predicted octanol–water partition coefficient (Wildman–Crippen LogP) is 4.09. The minimum Gasteiger partial charge on any atom is -0.490 e. The minimum atomic E-state index is 0.450. The highest BCUT2D eigenvalue weighted by Gasteiger charge is 2.24. The second-order valence-corrected chi connectivity index (χ2v) is 6.49. The summed E-state index contributed by atoms with van der Waals surface area (Å²) < 4.78 is 6.44. The van der Waals surface area contributed by atoms with E-state index in [-0.39, 0.29) is 0 Å². The van der Waals surface area contributed by atoms with Crippen molar-refractivity contribution in [2.45, 2.75) is 64.4 Å². The summed E-state index contributed by atoms with van der Waals surface area (Å²) in [4.78, 5) is 0. The molecule has 0 spiro atoms. The zero-order valence-corrected chi connectivity index (χ0v) is 12.9. The minimum absolute atomic E-state index is 0.450. The van der Waals surface area contributed by atoms with Crippen molar-refractivity contribution in [2.24, 2.45) is 0 Å². The van der Waals surface area contributed by atoms with Gasteiger partial charge >= 0.3 is 0 Å². The van der Waals surface area contributed by atoms with E-state index < -0.39 is 0 Å². The first kappa shape index (κ1) is 13.9. The molecule has 0 aromatic heterocycles. The summed E-state index contributed by atoms with van der Waals surface area (Å²) in [6.45, 7) is 6.68. The maximum Gasteiger partial charge on any atom is 0.126 e. The van der Waals surface area contributed by atoms with E-state index in [9.17, 15) is 0 Å². The lowest BCUT2D eigenvalue weighted by Crippen LogP contribution is -2.29. The van der Waals surface area contributed by atoms with Gasteiger partial charge in [-0.25, -0.2) is 0 Å². The van der Waals surface area contributed by atoms with Gasteiger partial charge in [-0.05, 0) is 75.6 Å². The third-order valence-corrected chi connectivity index (χ3v) is 5.03. The lowest BCUT2D eigenvalue weighted by atomic mass is 9.88. The average molecular weight is 273 g/mol. The van der Waals surface area contributed by atoms with Crippen LogP contribution in [0.4, 0.5) is 0 Å². The van der Waals surface area contributed by atoms with Gasteiger partial charge in [0.25, 0.3) is 0 Å². The molecule has 1 saturated heterocycles. The van der Waals surface area contributed by atoms with Gasteiger partial charge in [-0.15, -0.1) is 0 Å². The fourth-order valence-corrected chi connectivity index (χ4v) is 3.58. The van der Waals surface area contributed by atoms with Crippen molar-refractivity contribution in [3.05, 3.63) is 28.8 Å². The van der Waals surface area contributed by atoms with E-state index in [1.165, 1.54) is 67.5 Å². The Kier molecular flexibility index (Phi) is 4.30. The molecule has 2 nitrogen and oxygen atoms in total. The maximum absolute atomic E-state index is 6.44. The first-order valence-electron chi connectivity index (χ1n) is 8.23. The lowest BCUT2D eigenvalue weighted by molar-refractivity contribution is 0.204. The molecule has 20 heavy (non-hydrogen) atoms. The summed E-state index contributed by atoms with van der Waals surface area (Å²) >= 11 is 0. The van der Waals surface area contributed by atoms with E-state index in [2.05, 4.69) is 31.3 Å². The molecular formula is C18H27NO. The fraction of sp³-hybridized carbons (Fsp3) is 0.667. The molecule has 0 bridgehead atoms. The van der Waals surface area contributed by atoms with Crippen LogP contribution in [0, 0.1) is 13.8 Å². The Hall–Kier alpha value is -1.02. The molecule has 3 rings (SSSR count). The van der Waals surface area contributed by atoms with Crippen LogP contribution in [0.15, 0.2) is 12.1 Å². The summed E-state index contributed by atoms with van der Waals surface area (Å²) in [5.41, 5.74) is 4.14. The standard InChI is InChI=1S/C18H27NO/c1-13-9-10-17(15-6-5-11-19-12-15)18(14(13)2)20-16-7-3-4-8-16/h9-10,15-16,19H,3-8,11-12H2,1-2H3. The van der Waals surface area contributed by atoms with E-state index in [0.717, 1.165) is 6.54 Å². The van der Waals surface area contributed by atoms with Crippen LogP contribution < -0.4 is 10.1 Å². The highest BCUT2D eigenvalue weighted by atomic mass is 16.5. The first-order chi connectivity index (χ1) is 9.75. The van der Waals surface area contributed by atoms with Gasteiger partial charge in [0.1, 0.15) is 5.75 Å². The van der Waals surface area contributed by atoms with Crippen molar-refractivity contribution in [2.75, 3.05) is 13.1 Å². The summed E-state index contributed by atoms with van der Waals surface area (Å²) in [6.07, 6.45) is 8.14. The molecule has 1 atom stereocenters. The van der Waals surface area contributed by atoms with Gasteiger partial charge in [-0.3, -0.25) is 0 Å². The van der Waals surface area contributed by atoms with E-state index in [1.807, 2.05) is 0 Å². The summed E-state index contributed by atoms with van der Waals surface area (Å²) in [7, 11) is 0. The smallest absolute Gasteiger partial charge is 0.126 e. The molecule has 2 heteroatoms. The molecule has 0 amide bonds. The number of ether oxygens (including phenoxy) is 1. The molecule has 1 N–H and O–H groups in total. The lowest BCUT2D eigenvalue weighted by Gasteiger charge is -2.28. The van der Waals surface area contributed by atoms with Crippen LogP contribution in [-0.4, -0.2) is 19.2 Å². The van der Waals surface area contributed by atoms with Gasteiger partial charge in [-0.2, -0.15) is 0 Å². The van der Waals surface area contributed by atoms with Gasteiger partial charge in [0.05, 0.1) is 6.10 Å². The van der Waals surface area contributed by atoms with Crippen molar-refractivity contribution in [1.29, 1.82) is 0 Å². The van der Waals surface area contributed by atoms with Crippen molar-refractivity contribution in [3.8, 4) is 5.75 Å². The summed E-state index contributed by atoms with van der Waals surface area (Å²) in [5.74, 6) is 1.82. The Labute approximate surface area is 122 Å². The number of piperidine rings is 1. The topological polar surface area (TPSA) is 21.3 Å². The van der Waals surface area contributed by atoms with Gasteiger partial charge < -0.3 is 10.1 Å². The van der Waals surface area contributed by atoms with E-state index in [0.29, 0.717) is 12.0 Å². The number of rotatable bonds is 3. The Balaban J connectivity index is 1.88. The van der Waals surface area contributed by atoms with Crippen LogP contribution >= 0.6 is 0 Å². The highest BCUT2D eigenvalue weighted by Crippen LogP contribution is 2.37. The van der Waals surface area contributed by atoms with Crippen LogP contribution in [0.3, 0.4) is 0 Å². The largest absolute Gasteiger partial charge is 0.490 e. The molecule has 110 valence electrons. The molecule has 1 aromatic carbocycles. The third kappa shape index (κ3) is 2.85. The van der Waals surface area contributed by atoms with Crippen molar-refractivity contribution >= 4 is 0 Å². The fourth-order valence-electron chi connectivity index (χ4n) is 3.58. The van der Waals surface area contributed by atoms with Crippen molar-refractivity contribution in [3.63, 3.8) is 0 Å². The molecule has 2 fully saturated rings. The molecule has 1 heterocycles. The van der Waals surface area contributed by atoms with Crippen LogP contribution in [0.5, 0.6) is 5.75 Å². The maximum atomic E-state index is 6.44. The van der Waals surface area contributed by atoms with Crippen LogP contribution in [0.25, 0.3) is 0 Å². The molecule has 1 saturated carbocycles. The first-order valence-corrected chi connectivity index (χ1v) is 8.23. The van der Waals surface area contributed by atoms with Gasteiger partial charge in [0.2, 0.25) is 0 Å². The number of hydrogen-bond donors (Lipinski definition) is 1. The molecule has 1 aliphatic heterocycles. The molecule has 1 unspecified atom stereocenters. The quantitative estimate of drug-likeness (QED) is 0.895.